The molecule has 0 radical (unpaired) electrons. The standard InChI is InChI=1S/C21H30N2O.2ClH/c1-4-23(5-2)16-15-22-21(17-18-9-7-6-8-10-18)19-11-13-20(24-3)14-12-19;;/h6-14,21-22H,4-5,15-17H2,1-3H3;2*1H. The number of hydrogen-bond acceptors (Lipinski definition) is 3. The molecule has 0 bridgehead atoms. The quantitative estimate of drug-likeness (QED) is 0.624. The Morgan fingerprint density at radius 1 is 0.923 bits per heavy atom. The van der Waals surface area contributed by atoms with E-state index in [1.165, 1.54) is 11.1 Å². The SMILES string of the molecule is CCN(CC)CCNC(Cc1ccccc1)c1ccc(OC)cc1.Cl.Cl. The minimum atomic E-state index is 0. The molecule has 0 aromatic heterocycles. The van der Waals surface area contributed by atoms with Crippen LogP contribution in [0.5, 0.6) is 5.75 Å². The van der Waals surface area contributed by atoms with Crippen molar-refractivity contribution in [3.63, 3.8) is 0 Å². The Bertz CT molecular complexity index is 574. The van der Waals surface area contributed by atoms with E-state index in [4.69, 9.17) is 4.74 Å². The van der Waals surface area contributed by atoms with Crippen molar-refractivity contribution in [2.24, 2.45) is 0 Å². The molecule has 2 aromatic rings. The van der Waals surface area contributed by atoms with Crippen LogP contribution in [0.1, 0.15) is 31.0 Å². The van der Waals surface area contributed by atoms with E-state index >= 15 is 0 Å². The summed E-state index contributed by atoms with van der Waals surface area (Å²) in [5.74, 6) is 0.903. The van der Waals surface area contributed by atoms with Crippen molar-refractivity contribution in [1.82, 2.24) is 10.2 Å². The summed E-state index contributed by atoms with van der Waals surface area (Å²) in [7, 11) is 1.71. The van der Waals surface area contributed by atoms with Crippen LogP contribution in [0, 0.1) is 0 Å². The highest BCUT2D eigenvalue weighted by Crippen LogP contribution is 2.21. The zero-order chi connectivity index (χ0) is 17.2. The lowest BCUT2D eigenvalue weighted by atomic mass is 9.98. The number of rotatable bonds is 10. The van der Waals surface area contributed by atoms with Crippen LogP contribution in [-0.2, 0) is 6.42 Å². The fraction of sp³-hybridized carbons (Fsp3) is 0.429. The van der Waals surface area contributed by atoms with Gasteiger partial charge in [-0.1, -0.05) is 56.3 Å². The molecule has 1 unspecified atom stereocenters. The first kappa shape index (κ1) is 24.7. The summed E-state index contributed by atoms with van der Waals surface area (Å²) in [6, 6.07) is 19.4. The van der Waals surface area contributed by atoms with Gasteiger partial charge in [-0.2, -0.15) is 0 Å². The Hall–Kier alpha value is -1.26. The van der Waals surface area contributed by atoms with Crippen molar-refractivity contribution in [1.29, 1.82) is 0 Å². The average molecular weight is 399 g/mol. The summed E-state index contributed by atoms with van der Waals surface area (Å²) in [5, 5.41) is 3.74. The molecule has 26 heavy (non-hydrogen) atoms. The number of nitrogens with zero attached hydrogens (tertiary/aromatic N) is 1. The molecule has 146 valence electrons. The molecule has 0 fully saturated rings. The third-order valence-corrected chi connectivity index (χ3v) is 4.51. The van der Waals surface area contributed by atoms with Crippen LogP contribution in [0.3, 0.4) is 0 Å². The van der Waals surface area contributed by atoms with Gasteiger partial charge < -0.3 is 15.0 Å². The summed E-state index contributed by atoms with van der Waals surface area (Å²) >= 11 is 0. The molecule has 5 heteroatoms. The predicted molar refractivity (Wildman–Crippen MR) is 116 cm³/mol. The van der Waals surface area contributed by atoms with Crippen LogP contribution in [0.4, 0.5) is 0 Å². The van der Waals surface area contributed by atoms with Crippen molar-refractivity contribution in [2.45, 2.75) is 26.3 Å². The van der Waals surface area contributed by atoms with Gasteiger partial charge >= 0.3 is 0 Å². The molecule has 0 saturated carbocycles. The number of hydrogen-bond donors (Lipinski definition) is 1. The van der Waals surface area contributed by atoms with Gasteiger partial charge in [0.2, 0.25) is 0 Å². The number of benzene rings is 2. The van der Waals surface area contributed by atoms with E-state index in [1.807, 2.05) is 12.1 Å². The highest BCUT2D eigenvalue weighted by Gasteiger charge is 2.12. The molecule has 2 rings (SSSR count). The van der Waals surface area contributed by atoms with Crippen molar-refractivity contribution in [2.75, 3.05) is 33.3 Å². The summed E-state index contributed by atoms with van der Waals surface area (Å²) in [4.78, 5) is 2.45. The van der Waals surface area contributed by atoms with Gasteiger partial charge in [-0.25, -0.2) is 0 Å². The van der Waals surface area contributed by atoms with Crippen molar-refractivity contribution < 1.29 is 4.74 Å². The Morgan fingerprint density at radius 2 is 1.54 bits per heavy atom. The minimum Gasteiger partial charge on any atom is -0.497 e. The maximum Gasteiger partial charge on any atom is 0.118 e. The molecule has 1 atom stereocenters. The van der Waals surface area contributed by atoms with E-state index in [-0.39, 0.29) is 24.8 Å². The molecule has 0 amide bonds. The number of nitrogens with one attached hydrogen (secondary N) is 1. The van der Waals surface area contributed by atoms with E-state index in [9.17, 15) is 0 Å². The van der Waals surface area contributed by atoms with Gasteiger partial charge in [0.1, 0.15) is 5.75 Å². The molecule has 0 heterocycles. The van der Waals surface area contributed by atoms with Crippen molar-refractivity contribution >= 4 is 24.8 Å². The highest BCUT2D eigenvalue weighted by molar-refractivity contribution is 5.85. The molecule has 0 aliphatic heterocycles. The molecule has 0 aliphatic rings. The van der Waals surface area contributed by atoms with Gasteiger partial charge in [-0.15, -0.1) is 24.8 Å². The molecule has 3 nitrogen and oxygen atoms in total. The topological polar surface area (TPSA) is 24.5 Å². The maximum atomic E-state index is 5.28. The van der Waals surface area contributed by atoms with Gasteiger partial charge in [0.05, 0.1) is 7.11 Å². The van der Waals surface area contributed by atoms with E-state index < -0.39 is 0 Å². The number of likely N-dealkylation sites (N-methyl/N-ethyl adjacent to an activating group) is 1. The van der Waals surface area contributed by atoms with Gasteiger partial charge in [0.15, 0.2) is 0 Å². The van der Waals surface area contributed by atoms with Crippen LogP contribution in [0.15, 0.2) is 54.6 Å². The first-order valence-corrected chi connectivity index (χ1v) is 8.90. The number of ether oxygens (including phenoxy) is 1. The van der Waals surface area contributed by atoms with Crippen LogP contribution >= 0.6 is 24.8 Å². The average Bonchev–Trinajstić information content (AvgIpc) is 2.65. The first-order valence-electron chi connectivity index (χ1n) is 8.90. The van der Waals surface area contributed by atoms with E-state index in [1.54, 1.807) is 7.11 Å². The monoisotopic (exact) mass is 398 g/mol. The Balaban J connectivity index is 0.00000312. The second-order valence-corrected chi connectivity index (χ2v) is 6.00. The largest absolute Gasteiger partial charge is 0.497 e. The lowest BCUT2D eigenvalue weighted by Gasteiger charge is -2.23. The Labute approximate surface area is 171 Å². The van der Waals surface area contributed by atoms with Gasteiger partial charge in [0.25, 0.3) is 0 Å². The van der Waals surface area contributed by atoms with E-state index in [0.29, 0.717) is 6.04 Å². The molecular formula is C21H32Cl2N2O. The second-order valence-electron chi connectivity index (χ2n) is 6.00. The fourth-order valence-corrected chi connectivity index (χ4v) is 2.93. The number of methoxy groups -OCH3 is 1. The lowest BCUT2D eigenvalue weighted by Crippen LogP contribution is -2.34. The molecular weight excluding hydrogens is 367 g/mol. The van der Waals surface area contributed by atoms with Gasteiger partial charge in [-0.3, -0.25) is 0 Å². The maximum absolute atomic E-state index is 5.28. The van der Waals surface area contributed by atoms with E-state index in [0.717, 1.165) is 38.3 Å². The highest BCUT2D eigenvalue weighted by atomic mass is 35.5. The van der Waals surface area contributed by atoms with Crippen molar-refractivity contribution in [3.8, 4) is 5.75 Å². The third kappa shape index (κ3) is 7.96. The van der Waals surface area contributed by atoms with Crippen LogP contribution in [-0.4, -0.2) is 38.2 Å². The van der Waals surface area contributed by atoms with Gasteiger partial charge in [0, 0.05) is 19.1 Å². The van der Waals surface area contributed by atoms with Crippen LogP contribution < -0.4 is 10.1 Å². The second kappa shape index (κ2) is 13.9. The normalized spacial score (nSPS) is 11.4. The lowest BCUT2D eigenvalue weighted by molar-refractivity contribution is 0.296. The zero-order valence-corrected chi connectivity index (χ0v) is 17.6. The molecule has 2 aromatic carbocycles. The molecule has 0 spiro atoms. The summed E-state index contributed by atoms with van der Waals surface area (Å²) < 4.78 is 5.28. The van der Waals surface area contributed by atoms with Crippen LogP contribution in [0.2, 0.25) is 0 Å². The summed E-state index contributed by atoms with van der Waals surface area (Å²) in [6.07, 6.45) is 0.991. The van der Waals surface area contributed by atoms with Crippen LogP contribution in [0.25, 0.3) is 0 Å². The van der Waals surface area contributed by atoms with Crippen molar-refractivity contribution in [3.05, 3.63) is 65.7 Å². The molecule has 0 aliphatic carbocycles. The smallest absolute Gasteiger partial charge is 0.118 e. The fourth-order valence-electron chi connectivity index (χ4n) is 2.93. The Kier molecular flexibility index (Phi) is 13.2. The number of halogens is 2. The van der Waals surface area contributed by atoms with Gasteiger partial charge in [-0.05, 0) is 42.8 Å². The summed E-state index contributed by atoms with van der Waals surface area (Å²) in [6.45, 7) is 8.70. The third-order valence-electron chi connectivity index (χ3n) is 4.51. The van der Waals surface area contributed by atoms with E-state index in [2.05, 4.69) is 66.5 Å². The Morgan fingerprint density at radius 3 is 2.08 bits per heavy atom. The molecule has 0 saturated heterocycles. The predicted octanol–water partition coefficient (Wildman–Crippen LogP) is 4.75. The minimum absolute atomic E-state index is 0. The summed E-state index contributed by atoms with van der Waals surface area (Å²) in [5.41, 5.74) is 2.66. The zero-order valence-electron chi connectivity index (χ0n) is 16.0. The first-order chi connectivity index (χ1) is 11.8. The molecule has 1 N–H and O–H groups in total.